The quantitative estimate of drug-likeness (QED) is 0.324. The molecule has 2 N–H and O–H groups in total. The van der Waals surface area contributed by atoms with Crippen molar-refractivity contribution in [2.24, 2.45) is 0 Å². The van der Waals surface area contributed by atoms with E-state index in [0.717, 1.165) is 16.9 Å². The molecule has 3 heterocycles. The van der Waals surface area contributed by atoms with Crippen LogP contribution in [0.3, 0.4) is 0 Å². The van der Waals surface area contributed by atoms with Gasteiger partial charge in [0, 0.05) is 17.4 Å². The third-order valence-electron chi connectivity index (χ3n) is 5.77. The summed E-state index contributed by atoms with van der Waals surface area (Å²) in [6, 6.07) is 21.5. The Balaban J connectivity index is 1.61. The van der Waals surface area contributed by atoms with Crippen LogP contribution < -0.4 is 10.2 Å². The lowest BCUT2D eigenvalue weighted by Crippen LogP contribution is -2.29. The first-order chi connectivity index (χ1) is 16.4. The Kier molecular flexibility index (Phi) is 5.81. The number of halogens is 1. The van der Waals surface area contributed by atoms with E-state index in [9.17, 15) is 9.90 Å². The molecule has 0 radical (unpaired) electrons. The fourth-order valence-corrected chi connectivity index (χ4v) is 4.76. The van der Waals surface area contributed by atoms with E-state index in [1.54, 1.807) is 18.3 Å². The van der Waals surface area contributed by atoms with E-state index in [1.807, 2.05) is 54.3 Å². The van der Waals surface area contributed by atoms with Crippen molar-refractivity contribution in [2.75, 3.05) is 4.90 Å². The molecule has 170 valence electrons. The third-order valence-corrected chi connectivity index (χ3v) is 6.42. The van der Waals surface area contributed by atoms with Crippen LogP contribution in [0, 0.1) is 6.92 Å². The number of hydrogen-bond acceptors (Lipinski definition) is 4. The molecule has 34 heavy (non-hydrogen) atoms. The highest BCUT2D eigenvalue weighted by molar-refractivity contribution is 7.80. The summed E-state index contributed by atoms with van der Waals surface area (Å²) < 4.78 is 6.30. The van der Waals surface area contributed by atoms with E-state index in [2.05, 4.69) is 16.4 Å². The molecule has 1 aliphatic heterocycles. The molecular weight excluding hydrogens is 470 g/mol. The summed E-state index contributed by atoms with van der Waals surface area (Å²) in [6.45, 7) is 2.03. The zero-order valence-corrected chi connectivity index (χ0v) is 19.7. The summed E-state index contributed by atoms with van der Waals surface area (Å²) in [5.74, 6) is 0.0945. The van der Waals surface area contributed by atoms with Crippen molar-refractivity contribution in [3.8, 4) is 11.3 Å². The maximum absolute atomic E-state index is 11.5. The first-order valence-corrected chi connectivity index (χ1v) is 11.4. The van der Waals surface area contributed by atoms with Crippen LogP contribution >= 0.6 is 23.8 Å². The second-order valence-corrected chi connectivity index (χ2v) is 8.83. The maximum atomic E-state index is 11.5. The molecule has 0 spiro atoms. The molecule has 2 unspecified atom stereocenters. The molecule has 8 heteroatoms. The topological polar surface area (TPSA) is 78.6 Å². The van der Waals surface area contributed by atoms with Crippen LogP contribution in [0.4, 0.5) is 5.69 Å². The summed E-state index contributed by atoms with van der Waals surface area (Å²) >= 11 is 12.1. The van der Waals surface area contributed by atoms with Crippen LogP contribution in [0.25, 0.3) is 11.3 Å². The smallest absolute Gasteiger partial charge is 0.335 e. The molecule has 0 bridgehead atoms. The number of hydrogen-bond donors (Lipinski definition) is 2. The second-order valence-electron chi connectivity index (χ2n) is 8.04. The zero-order valence-electron chi connectivity index (χ0n) is 18.1. The molecule has 0 aliphatic carbocycles. The predicted molar refractivity (Wildman–Crippen MR) is 135 cm³/mol. The van der Waals surface area contributed by atoms with Gasteiger partial charge in [-0.1, -0.05) is 29.8 Å². The van der Waals surface area contributed by atoms with Crippen molar-refractivity contribution in [2.45, 2.75) is 19.0 Å². The SMILES string of the molecule is Cc1cccc(N2C(=S)NC(c3ccccn3)C2c2ccc(-c3cc(C(=O)O)ccc3Cl)o2)c1. The fraction of sp³-hybridized carbons (Fsp3) is 0.115. The van der Waals surface area contributed by atoms with Crippen molar-refractivity contribution < 1.29 is 14.3 Å². The summed E-state index contributed by atoms with van der Waals surface area (Å²) in [5, 5.41) is 13.8. The standard InChI is InChI=1S/C26H20ClN3O3S/c1-15-5-4-6-17(13-15)30-24(23(29-26(30)34)20-7-2-3-12-28-20)22-11-10-21(33-22)18-14-16(25(31)32)8-9-19(18)27/h2-14,23-24H,1H3,(H,29,34)(H,31,32). The second kappa shape index (κ2) is 8.93. The van der Waals surface area contributed by atoms with Gasteiger partial charge in [-0.15, -0.1) is 0 Å². The molecule has 0 saturated carbocycles. The van der Waals surface area contributed by atoms with Crippen LogP contribution in [0.5, 0.6) is 0 Å². The number of pyridine rings is 1. The fourth-order valence-electron chi connectivity index (χ4n) is 4.20. The Labute approximate surface area is 206 Å². The molecule has 1 saturated heterocycles. The first-order valence-electron chi connectivity index (χ1n) is 10.6. The highest BCUT2D eigenvalue weighted by Gasteiger charge is 2.42. The van der Waals surface area contributed by atoms with Crippen LogP contribution in [0.2, 0.25) is 5.02 Å². The number of carbonyl (C=O) groups is 1. The third kappa shape index (κ3) is 4.04. The van der Waals surface area contributed by atoms with E-state index < -0.39 is 5.97 Å². The summed E-state index contributed by atoms with van der Waals surface area (Å²) in [6.07, 6.45) is 1.75. The number of nitrogens with zero attached hydrogens (tertiary/aromatic N) is 2. The van der Waals surface area contributed by atoms with Gasteiger partial charge < -0.3 is 19.7 Å². The van der Waals surface area contributed by atoms with Crippen molar-refractivity contribution in [1.82, 2.24) is 10.3 Å². The molecule has 2 atom stereocenters. The van der Waals surface area contributed by atoms with Crippen LogP contribution in [-0.4, -0.2) is 21.2 Å². The maximum Gasteiger partial charge on any atom is 0.335 e. The minimum absolute atomic E-state index is 0.133. The Morgan fingerprint density at radius 2 is 1.97 bits per heavy atom. The number of furan rings is 1. The molecule has 5 rings (SSSR count). The first kappa shape index (κ1) is 22.1. The summed E-state index contributed by atoms with van der Waals surface area (Å²) in [7, 11) is 0. The van der Waals surface area contributed by atoms with Gasteiger partial charge in [-0.2, -0.15) is 0 Å². The monoisotopic (exact) mass is 489 g/mol. The van der Waals surface area contributed by atoms with Crippen molar-refractivity contribution in [1.29, 1.82) is 0 Å². The van der Waals surface area contributed by atoms with Gasteiger partial charge in [-0.3, -0.25) is 4.98 Å². The highest BCUT2D eigenvalue weighted by atomic mass is 35.5. The molecule has 2 aromatic heterocycles. The van der Waals surface area contributed by atoms with Crippen LogP contribution in [0.1, 0.15) is 39.5 Å². The number of carboxylic acids is 1. The number of anilines is 1. The lowest BCUT2D eigenvalue weighted by Gasteiger charge is -2.26. The van der Waals surface area contributed by atoms with Crippen molar-refractivity contribution >= 4 is 40.6 Å². The van der Waals surface area contributed by atoms with Gasteiger partial charge in [-0.25, -0.2) is 4.79 Å². The molecule has 0 amide bonds. The van der Waals surface area contributed by atoms with Gasteiger partial charge in [0.05, 0.1) is 22.3 Å². The van der Waals surface area contributed by atoms with E-state index in [1.165, 1.54) is 12.1 Å². The van der Waals surface area contributed by atoms with Gasteiger partial charge in [0.15, 0.2) is 5.11 Å². The highest BCUT2D eigenvalue weighted by Crippen LogP contribution is 2.43. The number of aromatic carboxylic acids is 1. The number of nitrogens with one attached hydrogen (secondary N) is 1. The number of thiocarbonyl (C=S) groups is 1. The molecule has 1 aliphatic rings. The van der Waals surface area contributed by atoms with Crippen molar-refractivity contribution in [3.63, 3.8) is 0 Å². The Bertz CT molecular complexity index is 1390. The number of aryl methyl sites for hydroxylation is 1. The van der Waals surface area contributed by atoms with Crippen LogP contribution in [0.15, 0.2) is 83.4 Å². The minimum Gasteiger partial charge on any atom is -0.478 e. The van der Waals surface area contributed by atoms with E-state index >= 15 is 0 Å². The summed E-state index contributed by atoms with van der Waals surface area (Å²) in [4.78, 5) is 18.0. The van der Waals surface area contributed by atoms with Gasteiger partial charge in [-0.05, 0) is 79.3 Å². The average Bonchev–Trinajstić information content (AvgIpc) is 3.44. The Hall–Kier alpha value is -3.68. The van der Waals surface area contributed by atoms with Gasteiger partial charge in [0.2, 0.25) is 0 Å². The van der Waals surface area contributed by atoms with E-state index in [-0.39, 0.29) is 17.6 Å². The predicted octanol–water partition coefficient (Wildman–Crippen LogP) is 6.18. The zero-order chi connectivity index (χ0) is 23.8. The molecule has 2 aromatic carbocycles. The van der Waals surface area contributed by atoms with Gasteiger partial charge >= 0.3 is 5.97 Å². The lowest BCUT2D eigenvalue weighted by atomic mass is 10.0. The number of carboxylic acid groups (broad SMARTS) is 1. The Morgan fingerprint density at radius 1 is 1.12 bits per heavy atom. The average molecular weight is 490 g/mol. The number of benzene rings is 2. The van der Waals surface area contributed by atoms with Gasteiger partial charge in [0.1, 0.15) is 17.6 Å². The molecule has 1 fully saturated rings. The van der Waals surface area contributed by atoms with Gasteiger partial charge in [0.25, 0.3) is 0 Å². The number of rotatable bonds is 5. The number of aromatic nitrogens is 1. The molecular formula is C26H20ClN3O3S. The molecule has 4 aromatic rings. The Morgan fingerprint density at radius 3 is 2.71 bits per heavy atom. The largest absolute Gasteiger partial charge is 0.478 e. The van der Waals surface area contributed by atoms with Crippen LogP contribution in [-0.2, 0) is 0 Å². The molecule has 6 nitrogen and oxygen atoms in total. The van der Waals surface area contributed by atoms with E-state index in [0.29, 0.717) is 27.2 Å². The summed E-state index contributed by atoms with van der Waals surface area (Å²) in [5.41, 5.74) is 3.52. The normalized spacial score (nSPS) is 17.6. The van der Waals surface area contributed by atoms with Crippen molar-refractivity contribution in [3.05, 3.63) is 107 Å². The van der Waals surface area contributed by atoms with E-state index in [4.69, 9.17) is 28.2 Å². The minimum atomic E-state index is -1.03. The lowest BCUT2D eigenvalue weighted by molar-refractivity contribution is 0.0697.